The number of nitrogens with one attached hydrogen (secondary N) is 4. The number of hydrogen-bond donors (Lipinski definition) is 4. The molecule has 0 radical (unpaired) electrons. The van der Waals surface area contributed by atoms with E-state index >= 15 is 0 Å². The van der Waals surface area contributed by atoms with Crippen LogP contribution in [0.5, 0.6) is 11.5 Å². The molecule has 0 aliphatic carbocycles. The van der Waals surface area contributed by atoms with Crippen molar-refractivity contribution in [2.75, 3.05) is 17.1 Å². The normalized spacial score (nSPS) is 10.8. The smallest absolute Gasteiger partial charge is 0.259 e. The predicted molar refractivity (Wildman–Crippen MR) is 161 cm³/mol. The molecule has 39 heavy (non-hydrogen) atoms. The van der Waals surface area contributed by atoms with Crippen molar-refractivity contribution in [1.82, 2.24) is 14.6 Å². The van der Waals surface area contributed by atoms with E-state index < -0.39 is 22.8 Å². The van der Waals surface area contributed by atoms with Crippen LogP contribution in [-0.2, 0) is 7.05 Å². The lowest BCUT2D eigenvalue weighted by molar-refractivity contribution is 0.0917. The molecule has 0 bridgehead atoms. The Bertz CT molecular complexity index is 1390. The quantitative estimate of drug-likeness (QED) is 0.212. The number of ether oxygens (including phenoxy) is 1. The van der Waals surface area contributed by atoms with Crippen molar-refractivity contribution >= 4 is 46.8 Å². The highest BCUT2D eigenvalue weighted by atomic mass is 35.5. The second kappa shape index (κ2) is 13.7. The lowest BCUT2D eigenvalue weighted by Gasteiger charge is -2.25. The molecule has 8 nitrogen and oxygen atoms in total. The van der Waals surface area contributed by atoms with Crippen molar-refractivity contribution in [2.45, 2.75) is 54.0 Å². The zero-order valence-corrected chi connectivity index (χ0v) is 25.4. The van der Waals surface area contributed by atoms with Gasteiger partial charge in [-0.1, -0.05) is 37.6 Å². The highest BCUT2D eigenvalue weighted by Crippen LogP contribution is 2.39. The zero-order valence-electron chi connectivity index (χ0n) is 23.8. The summed E-state index contributed by atoms with van der Waals surface area (Å²) in [6.07, 6.45) is 0. The van der Waals surface area contributed by atoms with Gasteiger partial charge < -0.3 is 20.1 Å². The van der Waals surface area contributed by atoms with Crippen molar-refractivity contribution in [2.24, 2.45) is 7.05 Å². The fourth-order valence-electron chi connectivity index (χ4n) is 3.53. The van der Waals surface area contributed by atoms with Crippen LogP contribution in [-0.4, -0.2) is 23.1 Å². The second-order valence-electron chi connectivity index (χ2n) is 9.48. The molecule has 0 atom stereocenters. The topological polar surface area (TPSA) is 96.4 Å². The molecule has 2 aromatic carbocycles. The van der Waals surface area contributed by atoms with E-state index in [4.69, 9.17) is 16.3 Å². The molecule has 3 rings (SSSR count). The Balaban J connectivity index is 0.00000260. The zero-order chi connectivity index (χ0) is 29.5. The minimum atomic E-state index is -0.602. The fourth-order valence-corrected chi connectivity index (χ4v) is 4.18. The monoisotopic (exact) mass is 577 g/mol. The highest BCUT2D eigenvalue weighted by molar-refractivity contribution is 7.98. The minimum Gasteiger partial charge on any atom is -0.454 e. The molecule has 0 unspecified atom stereocenters. The molecule has 1 heterocycles. The average Bonchev–Trinajstić information content (AvgIpc) is 2.87. The lowest BCUT2D eigenvalue weighted by atomic mass is 10.1. The maximum absolute atomic E-state index is 14.8. The van der Waals surface area contributed by atoms with E-state index in [2.05, 4.69) is 20.1 Å². The van der Waals surface area contributed by atoms with Crippen molar-refractivity contribution in [3.05, 3.63) is 74.3 Å². The third-order valence-corrected chi connectivity index (χ3v) is 6.21. The Hall–Kier alpha value is -3.21. The number of halogens is 2. The van der Waals surface area contributed by atoms with Gasteiger partial charge in [-0.3, -0.25) is 14.2 Å². The Kier molecular flexibility index (Phi) is 11.3. The first-order valence-electron chi connectivity index (χ1n) is 12.5. The van der Waals surface area contributed by atoms with Crippen LogP contribution in [0.2, 0.25) is 5.02 Å². The Morgan fingerprint density at radius 2 is 1.77 bits per heavy atom. The van der Waals surface area contributed by atoms with Gasteiger partial charge in [0.25, 0.3) is 11.5 Å². The summed E-state index contributed by atoms with van der Waals surface area (Å²) in [6.45, 7) is 12.8. The maximum atomic E-state index is 14.8. The number of pyridine rings is 1. The summed E-state index contributed by atoms with van der Waals surface area (Å²) in [7, 11) is 3.26. The summed E-state index contributed by atoms with van der Waals surface area (Å²) in [5, 5.41) is 6.11. The van der Waals surface area contributed by atoms with E-state index in [1.54, 1.807) is 51.2 Å². The third-order valence-electron chi connectivity index (χ3n) is 5.30. The maximum Gasteiger partial charge on any atom is 0.259 e. The lowest BCUT2D eigenvalue weighted by Crippen LogP contribution is -2.41. The van der Waals surface area contributed by atoms with Gasteiger partial charge in [-0.05, 0) is 71.5 Å². The molecule has 0 saturated heterocycles. The van der Waals surface area contributed by atoms with Crippen LogP contribution < -0.4 is 30.4 Å². The van der Waals surface area contributed by atoms with Crippen molar-refractivity contribution < 1.29 is 13.9 Å². The summed E-state index contributed by atoms with van der Waals surface area (Å²) in [4.78, 5) is 26.9. The number of carbonyl (C=O) groups is 1. The minimum absolute atomic E-state index is 0.0141. The van der Waals surface area contributed by atoms with E-state index in [0.717, 1.165) is 5.56 Å². The van der Waals surface area contributed by atoms with E-state index in [0.29, 0.717) is 5.69 Å². The standard InChI is InChI=1S/C26H31ClFN5O3S.C2H6/c1-14-11-12-17(16(28)13-14)30-23-20(24(34)31-26(3,4)5)22(15(2)25(35)33(23)7)36-19-10-8-9-18(21(19)27)32-37-29-6;1-2/h8-13,29-30,32H,1-7H3,(H,31,34);1-2H3. The molecule has 1 aromatic heterocycles. The van der Waals surface area contributed by atoms with Crippen LogP contribution in [0, 0.1) is 19.7 Å². The molecule has 11 heteroatoms. The fraction of sp³-hybridized carbons (Fsp3) is 0.357. The summed E-state index contributed by atoms with van der Waals surface area (Å²) in [5.74, 6) is -0.711. The number of amides is 1. The van der Waals surface area contributed by atoms with Crippen LogP contribution in [0.25, 0.3) is 0 Å². The van der Waals surface area contributed by atoms with E-state index in [1.165, 1.54) is 29.8 Å². The van der Waals surface area contributed by atoms with E-state index in [-0.39, 0.29) is 39.2 Å². The summed E-state index contributed by atoms with van der Waals surface area (Å²) in [5.41, 5.74) is 0.608. The number of hydrogen-bond acceptors (Lipinski definition) is 7. The molecule has 0 spiro atoms. The third kappa shape index (κ3) is 7.90. The first-order valence-corrected chi connectivity index (χ1v) is 13.7. The van der Waals surface area contributed by atoms with Crippen LogP contribution >= 0.6 is 23.7 Å². The Labute approximate surface area is 238 Å². The second-order valence-corrected chi connectivity index (χ2v) is 10.7. The van der Waals surface area contributed by atoms with Crippen LogP contribution in [0.1, 0.15) is 56.1 Å². The molecule has 4 N–H and O–H groups in total. The molecule has 0 fully saturated rings. The van der Waals surface area contributed by atoms with Gasteiger partial charge in [-0.25, -0.2) is 9.11 Å². The van der Waals surface area contributed by atoms with Gasteiger partial charge in [0, 0.05) is 24.7 Å². The number of nitrogens with zero attached hydrogens (tertiary/aromatic N) is 1. The van der Waals surface area contributed by atoms with Gasteiger partial charge in [-0.15, -0.1) is 0 Å². The predicted octanol–water partition coefficient (Wildman–Crippen LogP) is 7.08. The van der Waals surface area contributed by atoms with Crippen molar-refractivity contribution in [1.29, 1.82) is 0 Å². The van der Waals surface area contributed by atoms with Gasteiger partial charge in [0.2, 0.25) is 0 Å². The number of benzene rings is 2. The molecule has 0 aliphatic heterocycles. The average molecular weight is 578 g/mol. The summed E-state index contributed by atoms with van der Waals surface area (Å²) in [6, 6.07) is 9.76. The van der Waals surface area contributed by atoms with Crippen molar-refractivity contribution in [3.63, 3.8) is 0 Å². The molecule has 1 amide bonds. The largest absolute Gasteiger partial charge is 0.454 e. The van der Waals surface area contributed by atoms with Gasteiger partial charge >= 0.3 is 0 Å². The number of rotatable bonds is 8. The van der Waals surface area contributed by atoms with E-state index in [9.17, 15) is 14.0 Å². The van der Waals surface area contributed by atoms with Crippen molar-refractivity contribution in [3.8, 4) is 11.5 Å². The van der Waals surface area contributed by atoms with Gasteiger partial charge in [-0.2, -0.15) is 0 Å². The van der Waals surface area contributed by atoms with Crippen LogP contribution in [0.3, 0.4) is 0 Å². The summed E-state index contributed by atoms with van der Waals surface area (Å²) < 4.78 is 28.2. The molecule has 0 aliphatic rings. The first kappa shape index (κ1) is 32.0. The highest BCUT2D eigenvalue weighted by Gasteiger charge is 2.29. The number of aromatic nitrogens is 1. The van der Waals surface area contributed by atoms with Crippen LogP contribution in [0.4, 0.5) is 21.6 Å². The van der Waals surface area contributed by atoms with Gasteiger partial charge in [0.1, 0.15) is 28.0 Å². The number of carbonyl (C=O) groups excluding carboxylic acids is 1. The van der Waals surface area contributed by atoms with E-state index in [1.807, 2.05) is 34.6 Å². The molecule has 212 valence electrons. The Morgan fingerprint density at radius 3 is 2.36 bits per heavy atom. The van der Waals surface area contributed by atoms with Gasteiger partial charge in [0.05, 0.1) is 16.9 Å². The van der Waals surface area contributed by atoms with Crippen LogP contribution in [0.15, 0.2) is 41.2 Å². The number of anilines is 3. The SMILES string of the molecule is CC.CNSNc1cccc(Oc2c(C(=O)NC(C)(C)C)c(Nc3ccc(C)cc3F)n(C)c(=O)c2C)c1Cl. The molecule has 0 saturated carbocycles. The first-order chi connectivity index (χ1) is 18.3. The number of aryl methyl sites for hydroxylation is 1. The molecule has 3 aromatic rings. The Morgan fingerprint density at radius 1 is 1.10 bits per heavy atom. The molecular formula is C28H37ClFN5O3S. The summed E-state index contributed by atoms with van der Waals surface area (Å²) >= 11 is 7.80. The molecular weight excluding hydrogens is 541 g/mol. The van der Waals surface area contributed by atoms with Gasteiger partial charge in [0.15, 0.2) is 5.75 Å².